The average molecular weight is 232 g/mol. The van der Waals surface area contributed by atoms with Gasteiger partial charge >= 0.3 is 0 Å². The monoisotopic (exact) mass is 232 g/mol. The van der Waals surface area contributed by atoms with Crippen LogP contribution < -0.4 is 0 Å². The van der Waals surface area contributed by atoms with Gasteiger partial charge in [0.15, 0.2) is 0 Å². The first-order valence-corrected chi connectivity index (χ1v) is 6.99. The Morgan fingerprint density at radius 2 is 1.71 bits per heavy atom. The molecule has 1 heteroatoms. The Morgan fingerprint density at radius 3 is 2.29 bits per heavy atom. The van der Waals surface area contributed by atoms with E-state index in [0.717, 1.165) is 24.7 Å². The Morgan fingerprint density at radius 1 is 1.06 bits per heavy atom. The number of benzene rings is 1. The van der Waals surface area contributed by atoms with Gasteiger partial charge in [0.25, 0.3) is 0 Å². The van der Waals surface area contributed by atoms with Crippen LogP contribution >= 0.6 is 0 Å². The summed E-state index contributed by atoms with van der Waals surface area (Å²) in [5.41, 5.74) is 2.87. The minimum atomic E-state index is 0.294. The first kappa shape index (κ1) is 12.6. The summed E-state index contributed by atoms with van der Waals surface area (Å²) < 4.78 is 0. The van der Waals surface area contributed by atoms with Crippen molar-refractivity contribution in [2.75, 3.05) is 6.61 Å². The van der Waals surface area contributed by atoms with Gasteiger partial charge < -0.3 is 5.11 Å². The predicted molar refractivity (Wildman–Crippen MR) is 72.2 cm³/mol. The smallest absolute Gasteiger partial charge is 0.0434 e. The maximum Gasteiger partial charge on any atom is 0.0434 e. The minimum absolute atomic E-state index is 0.294. The third-order valence-corrected chi connectivity index (χ3v) is 4.09. The Labute approximate surface area is 105 Å². The molecule has 1 saturated carbocycles. The van der Waals surface area contributed by atoms with Crippen LogP contribution in [0.1, 0.15) is 56.1 Å². The summed E-state index contributed by atoms with van der Waals surface area (Å²) in [6.45, 7) is 2.66. The van der Waals surface area contributed by atoms with Gasteiger partial charge in [-0.25, -0.2) is 0 Å². The maximum atomic E-state index is 8.81. The summed E-state index contributed by atoms with van der Waals surface area (Å²) in [7, 11) is 0. The first-order valence-electron chi connectivity index (χ1n) is 6.99. The van der Waals surface area contributed by atoms with Crippen LogP contribution in [0.15, 0.2) is 24.3 Å². The summed E-state index contributed by atoms with van der Waals surface area (Å²) in [6, 6.07) is 9.08. The van der Waals surface area contributed by atoms with E-state index >= 15 is 0 Å². The van der Waals surface area contributed by atoms with Crippen molar-refractivity contribution in [1.82, 2.24) is 0 Å². The predicted octanol–water partition coefficient (Wildman–Crippen LogP) is 3.91. The van der Waals surface area contributed by atoms with Gasteiger partial charge in [0.05, 0.1) is 0 Å². The Hall–Kier alpha value is -0.820. The lowest BCUT2D eigenvalue weighted by molar-refractivity contribution is 0.288. The number of aryl methyl sites for hydroxylation is 1. The van der Waals surface area contributed by atoms with Crippen molar-refractivity contribution >= 4 is 0 Å². The van der Waals surface area contributed by atoms with Crippen LogP contribution in [-0.2, 0) is 6.42 Å². The van der Waals surface area contributed by atoms with E-state index in [1.807, 2.05) is 0 Å². The van der Waals surface area contributed by atoms with Crippen LogP contribution in [0.2, 0.25) is 0 Å². The van der Waals surface area contributed by atoms with Crippen LogP contribution in [0.25, 0.3) is 0 Å². The third-order valence-electron chi connectivity index (χ3n) is 4.09. The first-order chi connectivity index (χ1) is 8.29. The molecule has 2 rings (SSSR count). The molecular weight excluding hydrogens is 208 g/mol. The molecular formula is C16H24O. The van der Waals surface area contributed by atoms with E-state index in [4.69, 9.17) is 5.11 Å². The molecule has 0 saturated heterocycles. The maximum absolute atomic E-state index is 8.81. The molecule has 0 radical (unpaired) electrons. The SMILES string of the molecule is CC1CCC(c2ccc(CCCO)cc2)CC1. The molecule has 1 fully saturated rings. The van der Waals surface area contributed by atoms with Crippen molar-refractivity contribution in [3.05, 3.63) is 35.4 Å². The molecule has 0 atom stereocenters. The van der Waals surface area contributed by atoms with Crippen LogP contribution in [-0.4, -0.2) is 11.7 Å². The fourth-order valence-corrected chi connectivity index (χ4v) is 2.83. The quantitative estimate of drug-likeness (QED) is 0.834. The number of aliphatic hydroxyl groups excluding tert-OH is 1. The largest absolute Gasteiger partial charge is 0.396 e. The summed E-state index contributed by atoms with van der Waals surface area (Å²) >= 11 is 0. The van der Waals surface area contributed by atoms with Gasteiger partial charge in [-0.05, 0) is 48.6 Å². The van der Waals surface area contributed by atoms with Gasteiger partial charge in [-0.15, -0.1) is 0 Å². The molecule has 0 aliphatic heterocycles. The molecule has 1 nitrogen and oxygen atoms in total. The highest BCUT2D eigenvalue weighted by Gasteiger charge is 2.19. The lowest BCUT2D eigenvalue weighted by Crippen LogP contribution is -2.10. The number of rotatable bonds is 4. The number of aliphatic hydroxyl groups is 1. The number of hydrogen-bond acceptors (Lipinski definition) is 1. The fourth-order valence-electron chi connectivity index (χ4n) is 2.83. The van der Waals surface area contributed by atoms with E-state index in [0.29, 0.717) is 6.61 Å². The highest BCUT2D eigenvalue weighted by atomic mass is 16.2. The molecule has 0 heterocycles. The third kappa shape index (κ3) is 3.57. The second-order valence-corrected chi connectivity index (χ2v) is 5.53. The van der Waals surface area contributed by atoms with Gasteiger partial charge in [-0.2, -0.15) is 0 Å². The molecule has 0 unspecified atom stereocenters. The van der Waals surface area contributed by atoms with Crippen LogP contribution in [0.4, 0.5) is 0 Å². The van der Waals surface area contributed by atoms with E-state index < -0.39 is 0 Å². The molecule has 17 heavy (non-hydrogen) atoms. The van der Waals surface area contributed by atoms with E-state index in [1.165, 1.54) is 36.8 Å². The van der Waals surface area contributed by atoms with Gasteiger partial charge in [0.1, 0.15) is 0 Å². The van der Waals surface area contributed by atoms with E-state index in [9.17, 15) is 0 Å². The molecule has 0 amide bonds. The van der Waals surface area contributed by atoms with Gasteiger partial charge in [-0.1, -0.05) is 44.0 Å². The van der Waals surface area contributed by atoms with E-state index in [-0.39, 0.29) is 0 Å². The van der Waals surface area contributed by atoms with Crippen molar-refractivity contribution in [3.63, 3.8) is 0 Å². The molecule has 0 bridgehead atoms. The summed E-state index contributed by atoms with van der Waals surface area (Å²) in [4.78, 5) is 0. The van der Waals surface area contributed by atoms with Gasteiger partial charge in [-0.3, -0.25) is 0 Å². The van der Waals surface area contributed by atoms with Crippen LogP contribution in [0.3, 0.4) is 0 Å². The van der Waals surface area contributed by atoms with Crippen molar-refractivity contribution in [1.29, 1.82) is 0 Å². The van der Waals surface area contributed by atoms with Gasteiger partial charge in [0.2, 0.25) is 0 Å². The zero-order valence-electron chi connectivity index (χ0n) is 10.9. The highest BCUT2D eigenvalue weighted by molar-refractivity contribution is 5.25. The fraction of sp³-hybridized carbons (Fsp3) is 0.625. The zero-order valence-corrected chi connectivity index (χ0v) is 10.9. The molecule has 1 aromatic carbocycles. The summed E-state index contributed by atoms with van der Waals surface area (Å²) in [5.74, 6) is 1.72. The summed E-state index contributed by atoms with van der Waals surface area (Å²) in [5, 5.41) is 8.81. The van der Waals surface area contributed by atoms with Crippen LogP contribution in [0.5, 0.6) is 0 Å². The van der Waals surface area contributed by atoms with Crippen molar-refractivity contribution < 1.29 is 5.11 Å². The normalized spacial score (nSPS) is 24.8. The van der Waals surface area contributed by atoms with Gasteiger partial charge in [0, 0.05) is 6.61 Å². The molecule has 1 aliphatic rings. The Balaban J connectivity index is 1.93. The topological polar surface area (TPSA) is 20.2 Å². The zero-order chi connectivity index (χ0) is 12.1. The molecule has 1 aromatic rings. The molecule has 1 N–H and O–H groups in total. The van der Waals surface area contributed by atoms with Crippen molar-refractivity contribution in [2.45, 2.75) is 51.4 Å². The van der Waals surface area contributed by atoms with Crippen LogP contribution in [0, 0.1) is 5.92 Å². The molecule has 0 spiro atoms. The number of hydrogen-bond donors (Lipinski definition) is 1. The standard InChI is InChI=1S/C16H24O/c1-13-4-8-15(9-5-13)16-10-6-14(7-11-16)3-2-12-17/h6-7,10-11,13,15,17H,2-5,8-9,12H2,1H3. The Kier molecular flexibility index (Phi) is 4.61. The second-order valence-electron chi connectivity index (χ2n) is 5.53. The lowest BCUT2D eigenvalue weighted by atomic mass is 9.79. The average Bonchev–Trinajstić information content (AvgIpc) is 2.38. The Bertz CT molecular complexity index is 320. The summed E-state index contributed by atoms with van der Waals surface area (Å²) in [6.07, 6.45) is 7.36. The molecule has 1 aliphatic carbocycles. The molecule has 0 aromatic heterocycles. The van der Waals surface area contributed by atoms with Crippen molar-refractivity contribution in [2.24, 2.45) is 5.92 Å². The molecule has 94 valence electrons. The van der Waals surface area contributed by atoms with E-state index in [1.54, 1.807) is 0 Å². The van der Waals surface area contributed by atoms with Crippen molar-refractivity contribution in [3.8, 4) is 0 Å². The minimum Gasteiger partial charge on any atom is -0.396 e. The lowest BCUT2D eigenvalue weighted by Gasteiger charge is -2.26. The van der Waals surface area contributed by atoms with E-state index in [2.05, 4.69) is 31.2 Å². The second kappa shape index (κ2) is 6.20. The highest BCUT2D eigenvalue weighted by Crippen LogP contribution is 2.35.